The smallest absolute Gasteiger partial charge is 0.362 e. The Labute approximate surface area is 75.9 Å². The Hall–Kier alpha value is -1.58. The van der Waals surface area contributed by atoms with Crippen molar-refractivity contribution in [2.24, 2.45) is 0 Å². The number of esters is 2. The third-order valence-electron chi connectivity index (χ3n) is 1.48. The molecule has 0 bridgehead atoms. The number of H-pyrrole nitrogens is 1. The molecule has 4 heteroatoms. The van der Waals surface area contributed by atoms with Gasteiger partial charge in [-0.1, -0.05) is 6.92 Å². The van der Waals surface area contributed by atoms with E-state index in [0.717, 1.165) is 0 Å². The largest absolute Gasteiger partial charge is 0.388 e. The molecule has 1 aromatic heterocycles. The minimum atomic E-state index is -0.622. The average molecular weight is 181 g/mol. The molecule has 0 aliphatic heterocycles. The highest BCUT2D eigenvalue weighted by Gasteiger charge is 2.11. The summed E-state index contributed by atoms with van der Waals surface area (Å²) in [5.41, 5.74) is 0.296. The predicted octanol–water partition coefficient (Wildman–Crippen LogP) is 1.50. The van der Waals surface area contributed by atoms with Gasteiger partial charge in [-0.3, -0.25) is 4.79 Å². The second-order valence-corrected chi connectivity index (χ2v) is 2.60. The van der Waals surface area contributed by atoms with Gasteiger partial charge in [0.1, 0.15) is 5.69 Å². The van der Waals surface area contributed by atoms with Crippen molar-refractivity contribution in [2.75, 3.05) is 0 Å². The third-order valence-corrected chi connectivity index (χ3v) is 1.48. The van der Waals surface area contributed by atoms with Crippen LogP contribution in [0.2, 0.25) is 0 Å². The van der Waals surface area contributed by atoms with E-state index >= 15 is 0 Å². The summed E-state index contributed by atoms with van der Waals surface area (Å²) in [5.74, 6) is -1.11. The van der Waals surface area contributed by atoms with Crippen molar-refractivity contribution in [1.29, 1.82) is 0 Å². The van der Waals surface area contributed by atoms with Crippen molar-refractivity contribution in [3.63, 3.8) is 0 Å². The number of aromatic nitrogens is 1. The number of rotatable bonds is 3. The van der Waals surface area contributed by atoms with E-state index in [-0.39, 0.29) is 6.42 Å². The lowest BCUT2D eigenvalue weighted by molar-refractivity contribution is -0.138. The fourth-order valence-corrected chi connectivity index (χ4v) is 0.871. The van der Waals surface area contributed by atoms with Crippen LogP contribution in [0.25, 0.3) is 0 Å². The number of hydrogen-bond donors (Lipinski definition) is 1. The van der Waals surface area contributed by atoms with Gasteiger partial charge in [0.05, 0.1) is 0 Å². The minimum absolute atomic E-state index is 0.270. The van der Waals surface area contributed by atoms with Crippen molar-refractivity contribution in [3.05, 3.63) is 24.0 Å². The third kappa shape index (κ3) is 2.74. The highest BCUT2D eigenvalue weighted by molar-refractivity contribution is 5.95. The first-order valence-corrected chi connectivity index (χ1v) is 4.12. The quantitative estimate of drug-likeness (QED) is 0.567. The van der Waals surface area contributed by atoms with E-state index in [0.29, 0.717) is 12.1 Å². The van der Waals surface area contributed by atoms with Crippen LogP contribution in [0.15, 0.2) is 18.3 Å². The van der Waals surface area contributed by atoms with Gasteiger partial charge in [-0.15, -0.1) is 0 Å². The van der Waals surface area contributed by atoms with Crippen LogP contribution in [-0.4, -0.2) is 16.9 Å². The molecule has 0 saturated heterocycles. The second kappa shape index (κ2) is 4.45. The van der Waals surface area contributed by atoms with Gasteiger partial charge in [0.2, 0.25) is 0 Å². The molecule has 1 rings (SSSR count). The molecule has 0 radical (unpaired) electrons. The Morgan fingerprint density at radius 3 is 2.85 bits per heavy atom. The molecule has 13 heavy (non-hydrogen) atoms. The summed E-state index contributed by atoms with van der Waals surface area (Å²) in [4.78, 5) is 24.7. The summed E-state index contributed by atoms with van der Waals surface area (Å²) in [5, 5.41) is 0. The molecule has 0 amide bonds. The molecule has 0 atom stereocenters. The molecule has 0 aliphatic carbocycles. The first-order valence-electron chi connectivity index (χ1n) is 4.12. The Morgan fingerprint density at radius 1 is 1.54 bits per heavy atom. The van der Waals surface area contributed by atoms with Crippen LogP contribution >= 0.6 is 0 Å². The van der Waals surface area contributed by atoms with Crippen LogP contribution in [0.1, 0.15) is 30.3 Å². The van der Waals surface area contributed by atoms with Gasteiger partial charge < -0.3 is 9.72 Å². The molecular formula is C9H11NO3. The molecule has 0 unspecified atom stereocenters. The van der Waals surface area contributed by atoms with E-state index in [1.807, 2.05) is 6.92 Å². The average Bonchev–Trinajstić information content (AvgIpc) is 2.55. The zero-order valence-corrected chi connectivity index (χ0v) is 7.37. The van der Waals surface area contributed by atoms with Crippen LogP contribution in [-0.2, 0) is 9.53 Å². The maximum Gasteiger partial charge on any atom is 0.362 e. The van der Waals surface area contributed by atoms with Crippen LogP contribution in [0.5, 0.6) is 0 Å². The van der Waals surface area contributed by atoms with Crippen molar-refractivity contribution >= 4 is 11.9 Å². The number of carbonyl (C=O) groups is 2. The van der Waals surface area contributed by atoms with E-state index in [9.17, 15) is 9.59 Å². The molecule has 0 aromatic carbocycles. The van der Waals surface area contributed by atoms with E-state index < -0.39 is 11.9 Å². The summed E-state index contributed by atoms with van der Waals surface area (Å²) in [6, 6.07) is 3.22. The maximum absolute atomic E-state index is 11.1. The zero-order valence-electron chi connectivity index (χ0n) is 7.37. The van der Waals surface area contributed by atoms with E-state index in [2.05, 4.69) is 9.72 Å². The number of nitrogens with one attached hydrogen (secondary N) is 1. The van der Waals surface area contributed by atoms with Gasteiger partial charge >= 0.3 is 11.9 Å². The van der Waals surface area contributed by atoms with Crippen molar-refractivity contribution in [3.8, 4) is 0 Å². The van der Waals surface area contributed by atoms with Crippen molar-refractivity contribution in [2.45, 2.75) is 19.8 Å². The fourth-order valence-electron chi connectivity index (χ4n) is 0.871. The van der Waals surface area contributed by atoms with E-state index in [1.54, 1.807) is 18.3 Å². The SMILES string of the molecule is CCCC(=O)OC(=O)c1ccc[nH]1. The molecule has 4 nitrogen and oxygen atoms in total. The Kier molecular flexibility index (Phi) is 3.25. The van der Waals surface area contributed by atoms with Crippen LogP contribution in [0, 0.1) is 0 Å². The molecule has 0 spiro atoms. The minimum Gasteiger partial charge on any atom is -0.388 e. The lowest BCUT2D eigenvalue weighted by atomic mass is 10.3. The summed E-state index contributed by atoms with van der Waals surface area (Å²) in [6.07, 6.45) is 2.55. The van der Waals surface area contributed by atoms with Gasteiger partial charge in [0.25, 0.3) is 0 Å². The van der Waals surface area contributed by atoms with Gasteiger partial charge in [-0.25, -0.2) is 4.79 Å². The first kappa shape index (κ1) is 9.51. The normalized spacial score (nSPS) is 9.62. The highest BCUT2D eigenvalue weighted by Crippen LogP contribution is 2.00. The number of carbonyl (C=O) groups excluding carboxylic acids is 2. The molecular weight excluding hydrogens is 170 g/mol. The maximum atomic E-state index is 11.1. The van der Waals surface area contributed by atoms with E-state index in [1.165, 1.54) is 0 Å². The first-order chi connectivity index (χ1) is 6.24. The Balaban J connectivity index is 2.47. The molecule has 1 heterocycles. The predicted molar refractivity (Wildman–Crippen MR) is 46.1 cm³/mol. The lowest BCUT2D eigenvalue weighted by Gasteiger charge is -1.98. The molecule has 70 valence electrons. The summed E-state index contributed by atoms with van der Waals surface area (Å²) in [7, 11) is 0. The highest BCUT2D eigenvalue weighted by atomic mass is 16.6. The Morgan fingerprint density at radius 2 is 2.31 bits per heavy atom. The molecule has 0 saturated carbocycles. The van der Waals surface area contributed by atoms with E-state index in [4.69, 9.17) is 0 Å². The topological polar surface area (TPSA) is 59.2 Å². The summed E-state index contributed by atoms with van der Waals surface area (Å²) in [6.45, 7) is 1.85. The summed E-state index contributed by atoms with van der Waals surface area (Å²) < 4.78 is 4.53. The molecule has 1 aromatic rings. The van der Waals surface area contributed by atoms with Crippen LogP contribution in [0.3, 0.4) is 0 Å². The zero-order chi connectivity index (χ0) is 9.68. The van der Waals surface area contributed by atoms with Crippen LogP contribution in [0.4, 0.5) is 0 Å². The van der Waals surface area contributed by atoms with Gasteiger partial charge in [-0.2, -0.15) is 0 Å². The number of ether oxygens (including phenoxy) is 1. The van der Waals surface area contributed by atoms with Gasteiger partial charge in [0.15, 0.2) is 0 Å². The number of aromatic amines is 1. The monoisotopic (exact) mass is 181 g/mol. The molecule has 1 N–H and O–H groups in total. The Bertz CT molecular complexity index is 290. The van der Waals surface area contributed by atoms with Gasteiger partial charge in [-0.05, 0) is 18.6 Å². The molecule has 0 aliphatic rings. The molecule has 0 fully saturated rings. The fraction of sp³-hybridized carbons (Fsp3) is 0.333. The van der Waals surface area contributed by atoms with Crippen molar-refractivity contribution in [1.82, 2.24) is 4.98 Å². The second-order valence-electron chi connectivity index (χ2n) is 2.60. The van der Waals surface area contributed by atoms with Crippen molar-refractivity contribution < 1.29 is 14.3 Å². The lowest BCUT2D eigenvalue weighted by Crippen LogP contribution is -2.12. The standard InChI is InChI=1S/C9H11NO3/c1-2-4-8(11)13-9(12)7-5-3-6-10-7/h3,5-6,10H,2,4H2,1H3. The van der Waals surface area contributed by atoms with Gasteiger partial charge in [0, 0.05) is 12.6 Å². The summed E-state index contributed by atoms with van der Waals surface area (Å²) >= 11 is 0. The van der Waals surface area contributed by atoms with Crippen LogP contribution < -0.4 is 0 Å². The number of hydrogen-bond acceptors (Lipinski definition) is 3.